The monoisotopic (exact) mass is 342 g/mol. The first-order valence-corrected chi connectivity index (χ1v) is 7.59. The van der Waals surface area contributed by atoms with Crippen LogP contribution >= 0.6 is 11.6 Å². The van der Waals surface area contributed by atoms with Crippen LogP contribution < -0.4 is 11.1 Å². The van der Waals surface area contributed by atoms with Gasteiger partial charge in [0.25, 0.3) is 5.91 Å². The van der Waals surface area contributed by atoms with Crippen molar-refractivity contribution in [2.24, 2.45) is 19.2 Å². The fraction of sp³-hybridized carbons (Fsp3) is 0.118. The molecule has 2 aromatic carbocycles. The van der Waals surface area contributed by atoms with Crippen molar-refractivity contribution in [2.45, 2.75) is 0 Å². The highest BCUT2D eigenvalue weighted by atomic mass is 35.5. The normalized spacial score (nSPS) is 11.3. The molecule has 24 heavy (non-hydrogen) atoms. The quantitative estimate of drug-likeness (QED) is 0.586. The third-order valence-electron chi connectivity index (χ3n) is 3.78. The predicted octanol–water partition coefficient (Wildman–Crippen LogP) is 2.29. The molecule has 1 N–H and O–H groups in total. The van der Waals surface area contributed by atoms with E-state index in [1.165, 1.54) is 6.21 Å². The molecule has 0 bridgehead atoms. The molecule has 0 radical (unpaired) electrons. The first-order valence-electron chi connectivity index (χ1n) is 7.22. The summed E-state index contributed by atoms with van der Waals surface area (Å²) in [6.07, 6.45) is 1.53. The molecule has 3 rings (SSSR count). The maximum Gasteiger partial charge on any atom is 0.328 e. The molecule has 0 aliphatic heterocycles. The van der Waals surface area contributed by atoms with Crippen molar-refractivity contribution >= 4 is 34.8 Å². The van der Waals surface area contributed by atoms with Gasteiger partial charge in [0.2, 0.25) is 0 Å². The van der Waals surface area contributed by atoms with Gasteiger partial charge in [-0.1, -0.05) is 17.7 Å². The Balaban J connectivity index is 1.78. The van der Waals surface area contributed by atoms with Gasteiger partial charge < -0.3 is 0 Å². The van der Waals surface area contributed by atoms with E-state index in [-0.39, 0.29) is 11.6 Å². The number of aromatic nitrogens is 2. The topological polar surface area (TPSA) is 68.4 Å². The van der Waals surface area contributed by atoms with E-state index >= 15 is 0 Å². The van der Waals surface area contributed by atoms with E-state index < -0.39 is 0 Å². The zero-order valence-electron chi connectivity index (χ0n) is 13.2. The maximum atomic E-state index is 11.9. The number of halogens is 1. The number of benzene rings is 2. The SMILES string of the molecule is Cn1c(=O)n(C)c2cc(/C=N/NC(=O)c3ccc(Cl)cc3)ccc21. The minimum absolute atomic E-state index is 0.0878. The van der Waals surface area contributed by atoms with E-state index in [2.05, 4.69) is 10.5 Å². The second-order valence-corrected chi connectivity index (χ2v) is 5.79. The third kappa shape index (κ3) is 2.96. The summed E-state index contributed by atoms with van der Waals surface area (Å²) in [6.45, 7) is 0. The molecule has 0 unspecified atom stereocenters. The number of nitrogens with zero attached hydrogens (tertiary/aromatic N) is 3. The maximum absolute atomic E-state index is 11.9. The molecular formula is C17H15ClN4O2. The molecule has 3 aromatic rings. The van der Waals surface area contributed by atoms with Crippen LogP contribution in [0.1, 0.15) is 15.9 Å². The lowest BCUT2D eigenvalue weighted by Gasteiger charge is -2.00. The molecule has 0 atom stereocenters. The number of imidazole rings is 1. The number of hydrogen-bond donors (Lipinski definition) is 1. The van der Waals surface area contributed by atoms with Crippen molar-refractivity contribution in [3.63, 3.8) is 0 Å². The molecule has 0 aliphatic rings. The number of carbonyl (C=O) groups is 1. The second kappa shape index (κ2) is 6.33. The van der Waals surface area contributed by atoms with Crippen molar-refractivity contribution in [2.75, 3.05) is 0 Å². The minimum Gasteiger partial charge on any atom is -0.295 e. The smallest absolute Gasteiger partial charge is 0.295 e. The molecule has 0 saturated carbocycles. The number of rotatable bonds is 3. The lowest BCUT2D eigenvalue weighted by atomic mass is 10.2. The number of hydrogen-bond acceptors (Lipinski definition) is 3. The summed E-state index contributed by atoms with van der Waals surface area (Å²) in [5.74, 6) is -0.323. The van der Waals surface area contributed by atoms with Gasteiger partial charge in [-0.3, -0.25) is 13.9 Å². The number of aryl methyl sites for hydroxylation is 2. The number of amides is 1. The Morgan fingerprint density at radius 2 is 1.75 bits per heavy atom. The summed E-state index contributed by atoms with van der Waals surface area (Å²) >= 11 is 5.79. The van der Waals surface area contributed by atoms with Crippen LogP contribution in [0.4, 0.5) is 0 Å². The van der Waals surface area contributed by atoms with Crippen LogP contribution in [0.25, 0.3) is 11.0 Å². The first-order chi connectivity index (χ1) is 11.5. The average Bonchev–Trinajstić information content (AvgIpc) is 2.80. The van der Waals surface area contributed by atoms with Gasteiger partial charge in [-0.05, 0) is 42.0 Å². The van der Waals surface area contributed by atoms with Crippen LogP contribution in [0.3, 0.4) is 0 Å². The number of fused-ring (bicyclic) bond motifs is 1. The number of hydrazone groups is 1. The van der Waals surface area contributed by atoms with Crippen molar-refractivity contribution < 1.29 is 4.79 Å². The Kier molecular flexibility index (Phi) is 4.22. The zero-order valence-corrected chi connectivity index (χ0v) is 13.9. The van der Waals surface area contributed by atoms with Gasteiger partial charge in [-0.25, -0.2) is 10.2 Å². The van der Waals surface area contributed by atoms with E-state index in [1.807, 2.05) is 18.2 Å². The molecule has 0 fully saturated rings. The highest BCUT2D eigenvalue weighted by Crippen LogP contribution is 2.13. The van der Waals surface area contributed by atoms with Crippen LogP contribution in [0, 0.1) is 0 Å². The third-order valence-corrected chi connectivity index (χ3v) is 4.03. The van der Waals surface area contributed by atoms with Gasteiger partial charge in [0.1, 0.15) is 0 Å². The van der Waals surface area contributed by atoms with Gasteiger partial charge >= 0.3 is 5.69 Å². The molecular weight excluding hydrogens is 328 g/mol. The highest BCUT2D eigenvalue weighted by molar-refractivity contribution is 6.30. The van der Waals surface area contributed by atoms with Crippen LogP contribution in [0.5, 0.6) is 0 Å². The van der Waals surface area contributed by atoms with Crippen LogP contribution in [-0.4, -0.2) is 21.3 Å². The van der Waals surface area contributed by atoms with Crippen LogP contribution in [-0.2, 0) is 14.1 Å². The van der Waals surface area contributed by atoms with Gasteiger partial charge in [0.15, 0.2) is 0 Å². The van der Waals surface area contributed by atoms with Gasteiger partial charge in [-0.15, -0.1) is 0 Å². The zero-order chi connectivity index (χ0) is 17.3. The highest BCUT2D eigenvalue weighted by Gasteiger charge is 2.07. The Labute approximate surface area is 143 Å². The summed E-state index contributed by atoms with van der Waals surface area (Å²) in [7, 11) is 3.44. The standard InChI is InChI=1S/C17H15ClN4O2/c1-21-14-8-3-11(9-15(14)22(2)17(21)24)10-19-20-16(23)12-4-6-13(18)7-5-12/h3-10H,1-2H3,(H,20,23)/b19-10+. The lowest BCUT2D eigenvalue weighted by Crippen LogP contribution is -2.19. The summed E-state index contributed by atoms with van der Waals surface area (Å²) in [4.78, 5) is 23.9. The molecule has 1 heterocycles. The van der Waals surface area contributed by atoms with Crippen molar-refractivity contribution in [1.29, 1.82) is 0 Å². The summed E-state index contributed by atoms with van der Waals surface area (Å²) in [5, 5.41) is 4.52. The molecule has 0 saturated heterocycles. The average molecular weight is 343 g/mol. The number of nitrogens with one attached hydrogen (secondary N) is 1. The second-order valence-electron chi connectivity index (χ2n) is 5.35. The largest absolute Gasteiger partial charge is 0.328 e. The Bertz CT molecular complexity index is 1000. The van der Waals surface area contributed by atoms with Crippen molar-refractivity contribution in [1.82, 2.24) is 14.6 Å². The summed E-state index contributed by atoms with van der Waals surface area (Å²) in [5.41, 5.74) is 5.26. The Hall–Kier alpha value is -2.86. The number of carbonyl (C=O) groups excluding carboxylic acids is 1. The summed E-state index contributed by atoms with van der Waals surface area (Å²) < 4.78 is 3.15. The molecule has 1 amide bonds. The van der Waals surface area contributed by atoms with E-state index in [0.29, 0.717) is 10.6 Å². The molecule has 0 aliphatic carbocycles. The fourth-order valence-corrected chi connectivity index (χ4v) is 2.56. The molecule has 0 spiro atoms. The fourth-order valence-electron chi connectivity index (χ4n) is 2.44. The van der Waals surface area contributed by atoms with E-state index in [4.69, 9.17) is 11.6 Å². The summed E-state index contributed by atoms with van der Waals surface area (Å²) in [6, 6.07) is 12.1. The van der Waals surface area contributed by atoms with E-state index in [0.717, 1.165) is 16.6 Å². The molecule has 6 nitrogen and oxygen atoms in total. The molecule has 1 aromatic heterocycles. The Morgan fingerprint density at radius 3 is 2.46 bits per heavy atom. The van der Waals surface area contributed by atoms with Gasteiger partial charge in [0, 0.05) is 24.7 Å². The van der Waals surface area contributed by atoms with E-state index in [1.54, 1.807) is 47.5 Å². The van der Waals surface area contributed by atoms with Crippen LogP contribution in [0.15, 0.2) is 52.4 Å². The van der Waals surface area contributed by atoms with Gasteiger partial charge in [-0.2, -0.15) is 5.10 Å². The van der Waals surface area contributed by atoms with Crippen LogP contribution in [0.2, 0.25) is 5.02 Å². The lowest BCUT2D eigenvalue weighted by molar-refractivity contribution is 0.0955. The van der Waals surface area contributed by atoms with Crippen molar-refractivity contribution in [3.05, 3.63) is 69.1 Å². The molecule has 7 heteroatoms. The van der Waals surface area contributed by atoms with Gasteiger partial charge in [0.05, 0.1) is 17.2 Å². The predicted molar refractivity (Wildman–Crippen MR) is 94.7 cm³/mol. The minimum atomic E-state index is -0.323. The molecule has 122 valence electrons. The first kappa shape index (κ1) is 16.0. The van der Waals surface area contributed by atoms with E-state index in [9.17, 15) is 9.59 Å². The van der Waals surface area contributed by atoms with Crippen molar-refractivity contribution in [3.8, 4) is 0 Å². The Morgan fingerprint density at radius 1 is 1.08 bits per heavy atom.